The van der Waals surface area contributed by atoms with Crippen LogP contribution in [0.3, 0.4) is 0 Å². The zero-order valence-corrected chi connectivity index (χ0v) is 13.6. The molecule has 3 unspecified atom stereocenters. The summed E-state index contributed by atoms with van der Waals surface area (Å²) in [7, 11) is 1.67. The topological polar surface area (TPSA) is 59.1 Å². The normalized spacial score (nSPS) is 25.0. The van der Waals surface area contributed by atoms with Gasteiger partial charge in [0.05, 0.1) is 0 Å². The Morgan fingerprint density at radius 3 is 2.62 bits per heavy atom. The summed E-state index contributed by atoms with van der Waals surface area (Å²) in [4.78, 5) is 9.05. The summed E-state index contributed by atoms with van der Waals surface area (Å²) in [5.74, 6) is 3.96. The van der Waals surface area contributed by atoms with Crippen LogP contribution in [-0.4, -0.2) is 29.7 Å². The molecule has 2 rings (SSSR count). The smallest absolute Gasteiger partial charge is 0.158 e. The van der Waals surface area contributed by atoms with E-state index in [-0.39, 0.29) is 0 Å². The number of hydrogen-bond donors (Lipinski definition) is 2. The van der Waals surface area contributed by atoms with Crippen molar-refractivity contribution < 1.29 is 4.74 Å². The largest absolute Gasteiger partial charge is 0.377 e. The van der Waals surface area contributed by atoms with Crippen molar-refractivity contribution in [2.75, 3.05) is 24.3 Å². The van der Waals surface area contributed by atoms with E-state index in [9.17, 15) is 0 Å². The van der Waals surface area contributed by atoms with Crippen molar-refractivity contribution in [3.05, 3.63) is 11.9 Å². The molecule has 3 atom stereocenters. The summed E-state index contributed by atoms with van der Waals surface area (Å²) in [6.45, 7) is 8.15. The molecule has 1 aromatic heterocycles. The minimum atomic E-state index is 0.437. The molecule has 1 aliphatic rings. The number of rotatable bonds is 7. The van der Waals surface area contributed by atoms with Crippen LogP contribution in [0.5, 0.6) is 0 Å². The molecule has 0 amide bonds. The average Bonchev–Trinajstić information content (AvgIpc) is 2.77. The zero-order valence-electron chi connectivity index (χ0n) is 13.6. The fraction of sp³-hybridized carbons (Fsp3) is 0.750. The van der Waals surface area contributed by atoms with Crippen LogP contribution in [0.25, 0.3) is 0 Å². The van der Waals surface area contributed by atoms with Gasteiger partial charge in [0.25, 0.3) is 0 Å². The molecule has 1 aromatic rings. The molecule has 1 heterocycles. The van der Waals surface area contributed by atoms with E-state index in [4.69, 9.17) is 4.74 Å². The molecule has 118 valence electrons. The molecule has 0 bridgehead atoms. The number of hydrogen-bond acceptors (Lipinski definition) is 5. The Bertz CT molecular complexity index is 452. The minimum absolute atomic E-state index is 0.437. The quantitative estimate of drug-likeness (QED) is 0.807. The fourth-order valence-corrected chi connectivity index (χ4v) is 2.87. The third kappa shape index (κ3) is 4.30. The first-order chi connectivity index (χ1) is 10.1. The maximum Gasteiger partial charge on any atom is 0.158 e. The Kier molecular flexibility index (Phi) is 5.79. The number of anilines is 2. The van der Waals surface area contributed by atoms with Gasteiger partial charge in [-0.3, -0.25) is 0 Å². The van der Waals surface area contributed by atoms with Crippen molar-refractivity contribution in [1.29, 1.82) is 0 Å². The first kappa shape index (κ1) is 16.0. The second-order valence-corrected chi connectivity index (χ2v) is 6.08. The maximum absolute atomic E-state index is 5.17. The first-order valence-corrected chi connectivity index (χ1v) is 8.01. The summed E-state index contributed by atoms with van der Waals surface area (Å²) in [5.41, 5.74) is 0. The third-order valence-corrected chi connectivity index (χ3v) is 4.40. The molecular weight excluding hydrogens is 264 g/mol. The van der Waals surface area contributed by atoms with Crippen LogP contribution in [0.2, 0.25) is 0 Å². The first-order valence-electron chi connectivity index (χ1n) is 8.01. The SMILES string of the molecule is CCCNc1cc(NC2CCC(C)C2C)nc(COC)n1. The van der Waals surface area contributed by atoms with E-state index in [0.29, 0.717) is 18.6 Å². The lowest BCUT2D eigenvalue weighted by Crippen LogP contribution is -2.25. The second kappa shape index (κ2) is 7.59. The average molecular weight is 292 g/mol. The molecule has 0 aromatic carbocycles. The van der Waals surface area contributed by atoms with Crippen molar-refractivity contribution >= 4 is 11.6 Å². The number of nitrogens with one attached hydrogen (secondary N) is 2. The zero-order chi connectivity index (χ0) is 15.2. The van der Waals surface area contributed by atoms with Crippen molar-refractivity contribution in [2.24, 2.45) is 11.8 Å². The van der Waals surface area contributed by atoms with Crippen LogP contribution in [0.1, 0.15) is 45.9 Å². The molecule has 5 heteroatoms. The predicted molar refractivity (Wildman–Crippen MR) is 86.5 cm³/mol. The van der Waals surface area contributed by atoms with E-state index < -0.39 is 0 Å². The molecule has 1 aliphatic carbocycles. The Morgan fingerprint density at radius 1 is 1.24 bits per heavy atom. The molecule has 0 saturated heterocycles. The molecule has 1 fully saturated rings. The van der Waals surface area contributed by atoms with Crippen LogP contribution in [0, 0.1) is 11.8 Å². The number of aromatic nitrogens is 2. The van der Waals surface area contributed by atoms with E-state index in [1.807, 2.05) is 6.07 Å². The van der Waals surface area contributed by atoms with Crippen molar-refractivity contribution in [1.82, 2.24) is 9.97 Å². The summed E-state index contributed by atoms with van der Waals surface area (Å²) in [6, 6.07) is 2.51. The number of nitrogens with zero attached hydrogens (tertiary/aromatic N) is 2. The standard InChI is InChI=1S/C16H28N4O/c1-5-8-17-14-9-15(20-16(19-14)10-21-4)18-13-7-6-11(2)12(13)3/h9,11-13H,5-8,10H2,1-4H3,(H2,17,18,19,20). The molecule has 5 nitrogen and oxygen atoms in total. The molecule has 0 aliphatic heterocycles. The van der Waals surface area contributed by atoms with Crippen molar-refractivity contribution in [2.45, 2.75) is 52.7 Å². The van der Waals surface area contributed by atoms with Gasteiger partial charge in [-0.05, 0) is 31.1 Å². The molecule has 21 heavy (non-hydrogen) atoms. The van der Waals surface area contributed by atoms with Gasteiger partial charge in [0.15, 0.2) is 5.82 Å². The van der Waals surface area contributed by atoms with Crippen LogP contribution in [0.15, 0.2) is 6.07 Å². The molecular formula is C16H28N4O. The van der Waals surface area contributed by atoms with E-state index >= 15 is 0 Å². The molecule has 2 N–H and O–H groups in total. The monoisotopic (exact) mass is 292 g/mol. The fourth-order valence-electron chi connectivity index (χ4n) is 2.87. The molecule has 0 spiro atoms. The molecule has 1 saturated carbocycles. The molecule has 0 radical (unpaired) electrons. The van der Waals surface area contributed by atoms with E-state index in [1.54, 1.807) is 7.11 Å². The van der Waals surface area contributed by atoms with E-state index in [1.165, 1.54) is 12.8 Å². The van der Waals surface area contributed by atoms with Gasteiger partial charge in [-0.15, -0.1) is 0 Å². The van der Waals surface area contributed by atoms with Gasteiger partial charge in [0.2, 0.25) is 0 Å². The van der Waals surface area contributed by atoms with Gasteiger partial charge in [0, 0.05) is 25.8 Å². The van der Waals surface area contributed by atoms with Crippen molar-refractivity contribution in [3.63, 3.8) is 0 Å². The predicted octanol–water partition coefficient (Wildman–Crippen LogP) is 3.29. The Morgan fingerprint density at radius 2 is 2.00 bits per heavy atom. The van der Waals surface area contributed by atoms with E-state index in [0.717, 1.165) is 36.3 Å². The van der Waals surface area contributed by atoms with Crippen LogP contribution in [-0.2, 0) is 11.3 Å². The summed E-state index contributed by atoms with van der Waals surface area (Å²) in [6.07, 6.45) is 3.57. The Labute approximate surface area is 127 Å². The van der Waals surface area contributed by atoms with Gasteiger partial charge in [-0.1, -0.05) is 20.8 Å². The Balaban J connectivity index is 2.11. The van der Waals surface area contributed by atoms with E-state index in [2.05, 4.69) is 41.4 Å². The highest BCUT2D eigenvalue weighted by atomic mass is 16.5. The lowest BCUT2D eigenvalue weighted by atomic mass is 9.98. The summed E-state index contributed by atoms with van der Waals surface area (Å²) >= 11 is 0. The van der Waals surface area contributed by atoms with Gasteiger partial charge in [0.1, 0.15) is 18.2 Å². The maximum atomic E-state index is 5.17. The summed E-state index contributed by atoms with van der Waals surface area (Å²) in [5, 5.41) is 6.92. The lowest BCUT2D eigenvalue weighted by Gasteiger charge is -2.21. The lowest BCUT2D eigenvalue weighted by molar-refractivity contribution is 0.178. The van der Waals surface area contributed by atoms with Gasteiger partial charge in [-0.25, -0.2) is 9.97 Å². The number of ether oxygens (including phenoxy) is 1. The second-order valence-electron chi connectivity index (χ2n) is 6.08. The highest BCUT2D eigenvalue weighted by molar-refractivity contribution is 5.48. The third-order valence-electron chi connectivity index (χ3n) is 4.40. The van der Waals surface area contributed by atoms with Crippen LogP contribution < -0.4 is 10.6 Å². The Hall–Kier alpha value is -1.36. The van der Waals surface area contributed by atoms with Crippen LogP contribution in [0.4, 0.5) is 11.6 Å². The van der Waals surface area contributed by atoms with Gasteiger partial charge in [-0.2, -0.15) is 0 Å². The number of methoxy groups -OCH3 is 1. The summed E-state index contributed by atoms with van der Waals surface area (Å²) < 4.78 is 5.17. The van der Waals surface area contributed by atoms with Gasteiger partial charge >= 0.3 is 0 Å². The highest BCUT2D eigenvalue weighted by Crippen LogP contribution is 2.33. The van der Waals surface area contributed by atoms with Gasteiger partial charge < -0.3 is 15.4 Å². The van der Waals surface area contributed by atoms with Crippen molar-refractivity contribution in [3.8, 4) is 0 Å². The highest BCUT2D eigenvalue weighted by Gasteiger charge is 2.29. The minimum Gasteiger partial charge on any atom is -0.377 e. The van der Waals surface area contributed by atoms with Crippen LogP contribution >= 0.6 is 0 Å².